The summed E-state index contributed by atoms with van der Waals surface area (Å²) in [7, 11) is 0. The third-order valence-electron chi connectivity index (χ3n) is 5.61. The first-order chi connectivity index (χ1) is 14.7. The molecule has 1 amide bonds. The van der Waals surface area contributed by atoms with Gasteiger partial charge in [-0.2, -0.15) is 5.10 Å². The Kier molecular flexibility index (Phi) is 4.36. The van der Waals surface area contributed by atoms with Crippen molar-refractivity contribution in [3.8, 4) is 5.69 Å². The number of carbonyl (C=O) groups excluding carboxylic acids is 1. The number of hydrogen-bond acceptors (Lipinski definition) is 2. The van der Waals surface area contributed by atoms with Gasteiger partial charge in [0.25, 0.3) is 5.91 Å². The number of para-hydroxylation sites is 2. The van der Waals surface area contributed by atoms with E-state index in [1.54, 1.807) is 10.9 Å². The van der Waals surface area contributed by atoms with Crippen molar-refractivity contribution < 1.29 is 4.79 Å². The van der Waals surface area contributed by atoms with Gasteiger partial charge < -0.3 is 10.3 Å². The predicted molar refractivity (Wildman–Crippen MR) is 121 cm³/mol. The second-order valence-electron chi connectivity index (χ2n) is 7.42. The van der Waals surface area contributed by atoms with Gasteiger partial charge >= 0.3 is 0 Å². The van der Waals surface area contributed by atoms with Crippen LogP contribution in [0.2, 0.25) is 0 Å². The molecule has 5 nitrogen and oxygen atoms in total. The van der Waals surface area contributed by atoms with Crippen molar-refractivity contribution in [2.75, 3.05) is 5.32 Å². The number of benzene rings is 3. The molecule has 2 heterocycles. The summed E-state index contributed by atoms with van der Waals surface area (Å²) < 4.78 is 1.78. The Morgan fingerprint density at radius 2 is 1.87 bits per heavy atom. The van der Waals surface area contributed by atoms with Gasteiger partial charge in [-0.3, -0.25) is 4.79 Å². The number of fused-ring (bicyclic) bond motifs is 3. The third kappa shape index (κ3) is 2.95. The average Bonchev–Trinajstić information content (AvgIpc) is 3.34. The molecule has 0 aliphatic rings. The van der Waals surface area contributed by atoms with Crippen LogP contribution < -0.4 is 5.32 Å². The molecule has 0 spiro atoms. The Labute approximate surface area is 174 Å². The van der Waals surface area contributed by atoms with Gasteiger partial charge in [0.15, 0.2) is 0 Å². The quantitative estimate of drug-likeness (QED) is 0.415. The first-order valence-corrected chi connectivity index (χ1v) is 10.1. The van der Waals surface area contributed by atoms with Crippen LogP contribution in [0.4, 0.5) is 5.69 Å². The molecule has 0 atom stereocenters. The van der Waals surface area contributed by atoms with E-state index in [2.05, 4.69) is 46.6 Å². The molecule has 0 unspecified atom stereocenters. The van der Waals surface area contributed by atoms with Crippen molar-refractivity contribution in [2.24, 2.45) is 0 Å². The number of aromatic amines is 1. The van der Waals surface area contributed by atoms with Crippen LogP contribution in [0.25, 0.3) is 27.5 Å². The molecule has 5 rings (SSSR count). The van der Waals surface area contributed by atoms with Crippen LogP contribution in [0.1, 0.15) is 28.5 Å². The molecule has 148 valence electrons. The number of nitrogens with zero attached hydrogens (tertiary/aromatic N) is 2. The molecule has 0 saturated carbocycles. The molecule has 0 aliphatic carbocycles. The van der Waals surface area contributed by atoms with Crippen LogP contribution in [0.5, 0.6) is 0 Å². The van der Waals surface area contributed by atoms with Gasteiger partial charge in [0.05, 0.1) is 23.1 Å². The van der Waals surface area contributed by atoms with Crippen molar-refractivity contribution in [1.82, 2.24) is 14.8 Å². The van der Waals surface area contributed by atoms with Gasteiger partial charge in [-0.25, -0.2) is 4.68 Å². The lowest BCUT2D eigenvalue weighted by molar-refractivity contribution is 0.102. The fourth-order valence-electron chi connectivity index (χ4n) is 4.02. The second kappa shape index (κ2) is 7.19. The number of rotatable bonds is 4. The average molecular weight is 394 g/mol. The van der Waals surface area contributed by atoms with Crippen molar-refractivity contribution in [3.05, 3.63) is 89.7 Å². The summed E-state index contributed by atoms with van der Waals surface area (Å²) in [5, 5.41) is 9.78. The number of aromatic nitrogens is 3. The van der Waals surface area contributed by atoms with E-state index in [1.165, 1.54) is 16.5 Å². The first-order valence-electron chi connectivity index (χ1n) is 10.1. The molecular weight excluding hydrogens is 372 g/mol. The number of H-pyrrole nitrogens is 1. The SMILES string of the molecule is CCc1cccc2c1[nH]c1cc(NC(=O)c3cnn(-c4ccccc4)c3C)ccc12. The van der Waals surface area contributed by atoms with Crippen LogP contribution >= 0.6 is 0 Å². The molecule has 0 radical (unpaired) electrons. The number of carbonyl (C=O) groups is 1. The van der Waals surface area contributed by atoms with E-state index in [4.69, 9.17) is 0 Å². The van der Waals surface area contributed by atoms with Gasteiger partial charge in [0, 0.05) is 27.5 Å². The summed E-state index contributed by atoms with van der Waals surface area (Å²) in [6, 6.07) is 22.2. The van der Waals surface area contributed by atoms with E-state index in [0.29, 0.717) is 5.56 Å². The second-order valence-corrected chi connectivity index (χ2v) is 7.42. The highest BCUT2D eigenvalue weighted by atomic mass is 16.1. The van der Waals surface area contributed by atoms with Gasteiger partial charge in [-0.05, 0) is 43.2 Å². The van der Waals surface area contributed by atoms with E-state index < -0.39 is 0 Å². The Balaban J connectivity index is 1.46. The topological polar surface area (TPSA) is 62.7 Å². The normalized spacial score (nSPS) is 11.3. The lowest BCUT2D eigenvalue weighted by atomic mass is 10.1. The highest BCUT2D eigenvalue weighted by Gasteiger charge is 2.16. The Bertz CT molecular complexity index is 1380. The highest BCUT2D eigenvalue weighted by molar-refractivity contribution is 6.10. The molecule has 5 aromatic rings. The summed E-state index contributed by atoms with van der Waals surface area (Å²) >= 11 is 0. The molecule has 3 aromatic carbocycles. The minimum absolute atomic E-state index is 0.167. The van der Waals surface area contributed by atoms with Crippen LogP contribution in [0.15, 0.2) is 72.9 Å². The summed E-state index contributed by atoms with van der Waals surface area (Å²) in [6.07, 6.45) is 2.59. The maximum atomic E-state index is 12.9. The zero-order chi connectivity index (χ0) is 20.7. The summed E-state index contributed by atoms with van der Waals surface area (Å²) in [4.78, 5) is 16.4. The van der Waals surface area contributed by atoms with Gasteiger partial charge in [0.2, 0.25) is 0 Å². The predicted octanol–water partition coefficient (Wildman–Crippen LogP) is 5.63. The monoisotopic (exact) mass is 394 g/mol. The minimum atomic E-state index is -0.167. The van der Waals surface area contributed by atoms with Crippen LogP contribution in [-0.4, -0.2) is 20.7 Å². The summed E-state index contributed by atoms with van der Waals surface area (Å²) in [5.74, 6) is -0.167. The molecule has 0 aliphatic heterocycles. The number of nitrogens with one attached hydrogen (secondary N) is 2. The molecule has 0 bridgehead atoms. The molecule has 0 fully saturated rings. The summed E-state index contributed by atoms with van der Waals surface area (Å²) in [6.45, 7) is 4.06. The fraction of sp³-hybridized carbons (Fsp3) is 0.120. The van der Waals surface area contributed by atoms with Gasteiger partial charge in [0.1, 0.15) is 0 Å². The molecule has 5 heteroatoms. The zero-order valence-corrected chi connectivity index (χ0v) is 16.9. The first kappa shape index (κ1) is 18.2. The van der Waals surface area contributed by atoms with E-state index in [1.807, 2.05) is 49.4 Å². The lowest BCUT2D eigenvalue weighted by Gasteiger charge is -2.07. The smallest absolute Gasteiger partial charge is 0.259 e. The molecule has 0 saturated heterocycles. The minimum Gasteiger partial charge on any atom is -0.354 e. The largest absolute Gasteiger partial charge is 0.354 e. The molecule has 2 aromatic heterocycles. The molecular formula is C25H22N4O. The molecule has 30 heavy (non-hydrogen) atoms. The van der Waals surface area contributed by atoms with Crippen LogP contribution in [0.3, 0.4) is 0 Å². The van der Waals surface area contributed by atoms with E-state index in [0.717, 1.165) is 34.4 Å². The van der Waals surface area contributed by atoms with Crippen molar-refractivity contribution in [1.29, 1.82) is 0 Å². The standard InChI is InChI=1S/C25H22N4O/c1-3-17-8-7-11-21-20-13-12-18(14-23(20)28-24(17)21)27-25(30)22-15-26-29(16(22)2)19-9-5-4-6-10-19/h4-15,28H,3H2,1-2H3,(H,27,30). The van der Waals surface area contributed by atoms with Crippen molar-refractivity contribution >= 4 is 33.4 Å². The number of aryl methyl sites for hydroxylation is 1. The van der Waals surface area contributed by atoms with Gasteiger partial charge in [-0.15, -0.1) is 0 Å². The van der Waals surface area contributed by atoms with E-state index in [9.17, 15) is 4.79 Å². The zero-order valence-electron chi connectivity index (χ0n) is 16.9. The highest BCUT2D eigenvalue weighted by Crippen LogP contribution is 2.30. The number of anilines is 1. The van der Waals surface area contributed by atoms with Crippen LogP contribution in [-0.2, 0) is 6.42 Å². The Hall–Kier alpha value is -3.86. The molecule has 2 N–H and O–H groups in total. The fourth-order valence-corrected chi connectivity index (χ4v) is 4.02. The van der Waals surface area contributed by atoms with Crippen molar-refractivity contribution in [2.45, 2.75) is 20.3 Å². The van der Waals surface area contributed by atoms with Gasteiger partial charge in [-0.1, -0.05) is 49.4 Å². The maximum absolute atomic E-state index is 12.9. The summed E-state index contributed by atoms with van der Waals surface area (Å²) in [5.41, 5.74) is 6.52. The van der Waals surface area contributed by atoms with Crippen LogP contribution in [0, 0.1) is 6.92 Å². The van der Waals surface area contributed by atoms with Crippen molar-refractivity contribution in [3.63, 3.8) is 0 Å². The maximum Gasteiger partial charge on any atom is 0.259 e. The Morgan fingerprint density at radius 1 is 1.03 bits per heavy atom. The van der Waals surface area contributed by atoms with E-state index in [-0.39, 0.29) is 5.91 Å². The Morgan fingerprint density at radius 3 is 2.67 bits per heavy atom. The number of hydrogen-bond donors (Lipinski definition) is 2. The van der Waals surface area contributed by atoms with E-state index >= 15 is 0 Å². The lowest BCUT2D eigenvalue weighted by Crippen LogP contribution is -2.13. The number of amides is 1. The third-order valence-corrected chi connectivity index (χ3v) is 5.61.